The van der Waals surface area contributed by atoms with E-state index in [1.165, 1.54) is 0 Å². The van der Waals surface area contributed by atoms with E-state index in [-0.39, 0.29) is 0 Å². The molecular formula is C9H12BrOP. The Morgan fingerprint density at radius 1 is 1.33 bits per heavy atom. The molecule has 0 aliphatic carbocycles. The summed E-state index contributed by atoms with van der Waals surface area (Å²) in [4.78, 5) is 0. The molecule has 66 valence electrons. The Morgan fingerprint density at radius 2 is 1.92 bits per heavy atom. The fourth-order valence-corrected chi connectivity index (χ4v) is 1.25. The van der Waals surface area contributed by atoms with Crippen molar-refractivity contribution in [2.45, 2.75) is 0 Å². The third-order valence-electron chi connectivity index (χ3n) is 1.13. The molecular weight excluding hydrogens is 235 g/mol. The van der Waals surface area contributed by atoms with Crippen LogP contribution >= 0.6 is 25.4 Å². The molecule has 1 atom stereocenters. The van der Waals surface area contributed by atoms with E-state index in [1.807, 2.05) is 12.2 Å². The average molecular weight is 247 g/mol. The summed E-state index contributed by atoms with van der Waals surface area (Å²) in [6, 6.07) is 0. The van der Waals surface area contributed by atoms with Crippen LogP contribution in [0.4, 0.5) is 0 Å². The van der Waals surface area contributed by atoms with Crippen molar-refractivity contribution < 1.29 is 4.52 Å². The van der Waals surface area contributed by atoms with Gasteiger partial charge in [0.1, 0.15) is 0 Å². The highest BCUT2D eigenvalue weighted by Crippen LogP contribution is 2.18. The molecule has 0 aliphatic heterocycles. The van der Waals surface area contributed by atoms with Crippen LogP contribution in [0.2, 0.25) is 0 Å². The van der Waals surface area contributed by atoms with Crippen molar-refractivity contribution in [1.82, 2.24) is 0 Å². The van der Waals surface area contributed by atoms with Crippen molar-refractivity contribution >= 4 is 25.4 Å². The molecule has 0 N–H and O–H groups in total. The average Bonchev–Trinajstić information content (AvgIpc) is 2.04. The molecule has 0 radical (unpaired) electrons. The van der Waals surface area contributed by atoms with Gasteiger partial charge in [-0.25, -0.2) is 0 Å². The van der Waals surface area contributed by atoms with Crippen LogP contribution in [0, 0.1) is 0 Å². The lowest BCUT2D eigenvalue weighted by molar-refractivity contribution is 0.417. The maximum atomic E-state index is 4.92. The van der Waals surface area contributed by atoms with Crippen molar-refractivity contribution in [3.05, 3.63) is 47.5 Å². The zero-order valence-electron chi connectivity index (χ0n) is 6.79. The van der Waals surface area contributed by atoms with E-state index in [1.54, 1.807) is 12.2 Å². The van der Waals surface area contributed by atoms with E-state index in [9.17, 15) is 0 Å². The van der Waals surface area contributed by atoms with Crippen LogP contribution in [-0.2, 0) is 4.52 Å². The Balaban J connectivity index is 4.49. The van der Waals surface area contributed by atoms with E-state index in [0.717, 1.165) is 10.1 Å². The molecule has 0 saturated carbocycles. The van der Waals surface area contributed by atoms with Gasteiger partial charge in [0.15, 0.2) is 0 Å². The summed E-state index contributed by atoms with van der Waals surface area (Å²) in [6.45, 7) is 7.74. The lowest BCUT2D eigenvalue weighted by atomic mass is 10.2. The van der Waals surface area contributed by atoms with Crippen LogP contribution < -0.4 is 0 Å². The molecule has 0 spiro atoms. The summed E-state index contributed by atoms with van der Waals surface area (Å²) in [7, 11) is 2.21. The minimum Gasteiger partial charge on any atom is -0.361 e. The van der Waals surface area contributed by atoms with E-state index >= 15 is 0 Å². The second-order valence-electron chi connectivity index (χ2n) is 1.99. The topological polar surface area (TPSA) is 9.23 Å². The number of hydrogen-bond donors (Lipinski definition) is 0. The summed E-state index contributed by atoms with van der Waals surface area (Å²) >= 11 is 3.39. The zero-order chi connectivity index (χ0) is 9.40. The molecule has 0 heterocycles. The highest BCUT2D eigenvalue weighted by atomic mass is 79.9. The van der Waals surface area contributed by atoms with Gasteiger partial charge in [0.25, 0.3) is 0 Å². The monoisotopic (exact) mass is 246 g/mol. The first kappa shape index (κ1) is 11.8. The number of halogens is 1. The van der Waals surface area contributed by atoms with Crippen LogP contribution in [0.3, 0.4) is 0 Å². The van der Waals surface area contributed by atoms with Crippen molar-refractivity contribution in [1.29, 1.82) is 0 Å². The molecule has 1 nitrogen and oxygen atoms in total. The lowest BCUT2D eigenvalue weighted by Gasteiger charge is -2.02. The Labute approximate surface area is 84.3 Å². The first-order chi connectivity index (χ1) is 5.76. The minimum atomic E-state index is 0.529. The Bertz CT molecular complexity index is 219. The largest absolute Gasteiger partial charge is 0.361 e. The molecule has 0 amide bonds. The third-order valence-corrected chi connectivity index (χ3v) is 2.07. The smallest absolute Gasteiger partial charge is 0.0763 e. The summed E-state index contributed by atoms with van der Waals surface area (Å²) in [5.74, 6) is 0. The normalized spacial score (nSPS) is 12.8. The maximum absolute atomic E-state index is 4.92. The Hall–Kier alpha value is -0.170. The van der Waals surface area contributed by atoms with Crippen molar-refractivity contribution in [3.8, 4) is 0 Å². The highest BCUT2D eigenvalue weighted by molar-refractivity contribution is 9.12. The standard InChI is InChI=1S/C9H12BrOP/c1-3-5-8(7-11-12)9(10)6-4-2/h3-6H,1-2,7,12H2/b8-5-,9-6+. The second kappa shape index (κ2) is 7.48. The van der Waals surface area contributed by atoms with Crippen LogP contribution in [0.15, 0.2) is 47.5 Å². The van der Waals surface area contributed by atoms with E-state index in [0.29, 0.717) is 6.61 Å². The molecule has 0 fully saturated rings. The van der Waals surface area contributed by atoms with Crippen LogP contribution in [-0.4, -0.2) is 6.61 Å². The summed E-state index contributed by atoms with van der Waals surface area (Å²) < 4.78 is 5.88. The van der Waals surface area contributed by atoms with E-state index < -0.39 is 0 Å². The van der Waals surface area contributed by atoms with Gasteiger partial charge in [0.05, 0.1) is 6.61 Å². The molecule has 0 aromatic heterocycles. The lowest BCUT2D eigenvalue weighted by Crippen LogP contribution is -1.90. The van der Waals surface area contributed by atoms with Gasteiger partial charge in [-0.3, -0.25) is 0 Å². The SMILES string of the molecule is C=C/C=C(COP)\C(Br)=C/C=C. The zero-order valence-corrected chi connectivity index (χ0v) is 9.53. The third kappa shape index (κ3) is 4.66. The van der Waals surface area contributed by atoms with Gasteiger partial charge in [0.2, 0.25) is 0 Å². The van der Waals surface area contributed by atoms with Gasteiger partial charge in [-0.1, -0.05) is 47.3 Å². The van der Waals surface area contributed by atoms with Crippen molar-refractivity contribution in [2.24, 2.45) is 0 Å². The van der Waals surface area contributed by atoms with Crippen molar-refractivity contribution in [2.75, 3.05) is 6.61 Å². The quantitative estimate of drug-likeness (QED) is 0.534. The number of hydrogen-bond acceptors (Lipinski definition) is 1. The van der Waals surface area contributed by atoms with Gasteiger partial charge in [0, 0.05) is 13.9 Å². The van der Waals surface area contributed by atoms with Gasteiger partial charge >= 0.3 is 0 Å². The molecule has 12 heavy (non-hydrogen) atoms. The Kier molecular flexibility index (Phi) is 7.37. The summed E-state index contributed by atoms with van der Waals surface area (Å²) in [6.07, 6.45) is 7.17. The second-order valence-corrected chi connectivity index (χ2v) is 3.18. The van der Waals surface area contributed by atoms with Gasteiger partial charge in [-0.05, 0) is 11.6 Å². The number of allylic oxidation sites excluding steroid dienone is 4. The molecule has 1 unspecified atom stereocenters. The van der Waals surface area contributed by atoms with Crippen LogP contribution in [0.1, 0.15) is 0 Å². The first-order valence-corrected chi connectivity index (χ1v) is 4.64. The molecule has 0 bridgehead atoms. The van der Waals surface area contributed by atoms with Crippen LogP contribution in [0.25, 0.3) is 0 Å². The predicted molar refractivity (Wildman–Crippen MR) is 61.1 cm³/mol. The summed E-state index contributed by atoms with van der Waals surface area (Å²) in [5.41, 5.74) is 1.03. The molecule has 0 aromatic rings. The fourth-order valence-electron chi connectivity index (χ4n) is 0.639. The predicted octanol–water partition coefficient (Wildman–Crippen LogP) is 3.37. The molecule has 0 saturated heterocycles. The number of rotatable bonds is 5. The maximum Gasteiger partial charge on any atom is 0.0763 e. The molecule has 3 heteroatoms. The molecule has 0 aliphatic rings. The van der Waals surface area contributed by atoms with Gasteiger partial charge < -0.3 is 4.52 Å². The van der Waals surface area contributed by atoms with Gasteiger partial charge in [-0.15, -0.1) is 0 Å². The van der Waals surface area contributed by atoms with Crippen molar-refractivity contribution in [3.63, 3.8) is 0 Å². The molecule has 0 aromatic carbocycles. The highest BCUT2D eigenvalue weighted by Gasteiger charge is 1.98. The fraction of sp³-hybridized carbons (Fsp3) is 0.111. The van der Waals surface area contributed by atoms with E-state index in [4.69, 9.17) is 4.52 Å². The van der Waals surface area contributed by atoms with E-state index in [2.05, 4.69) is 38.6 Å². The first-order valence-electron chi connectivity index (χ1n) is 3.38. The summed E-state index contributed by atoms with van der Waals surface area (Å²) in [5, 5.41) is 0. The molecule has 0 rings (SSSR count). The van der Waals surface area contributed by atoms with Crippen LogP contribution in [0.5, 0.6) is 0 Å². The Morgan fingerprint density at radius 3 is 2.33 bits per heavy atom. The minimum absolute atomic E-state index is 0.529. The van der Waals surface area contributed by atoms with Gasteiger partial charge in [-0.2, -0.15) is 0 Å².